The Morgan fingerprint density at radius 3 is 2.68 bits per heavy atom. The third kappa shape index (κ3) is 3.16. The number of aromatic nitrogens is 2. The van der Waals surface area contributed by atoms with Crippen LogP contribution in [-0.4, -0.2) is 9.55 Å². The molecular weight excluding hydrogens is 234 g/mol. The minimum absolute atomic E-state index is 0.0547. The van der Waals surface area contributed by atoms with E-state index in [4.69, 9.17) is 10.7 Å². The highest BCUT2D eigenvalue weighted by molar-refractivity contribution is 5.76. The average Bonchev–Trinajstić information content (AvgIpc) is 2.79. The number of fused-ring (bicyclic) bond motifs is 1. The maximum Gasteiger partial charge on any atom is 0.126 e. The largest absolute Gasteiger partial charge is 0.327 e. The van der Waals surface area contributed by atoms with Gasteiger partial charge in [-0.25, -0.2) is 4.98 Å². The zero-order chi connectivity index (χ0) is 13.7. The van der Waals surface area contributed by atoms with Gasteiger partial charge in [0.2, 0.25) is 0 Å². The smallest absolute Gasteiger partial charge is 0.126 e. The molecule has 0 saturated carbocycles. The highest BCUT2D eigenvalue weighted by Crippen LogP contribution is 2.22. The van der Waals surface area contributed by atoms with Crippen LogP contribution in [0.4, 0.5) is 0 Å². The Morgan fingerprint density at radius 1 is 1.16 bits per heavy atom. The van der Waals surface area contributed by atoms with Crippen molar-refractivity contribution in [1.29, 1.82) is 0 Å². The first kappa shape index (κ1) is 14.1. The van der Waals surface area contributed by atoms with Crippen molar-refractivity contribution in [3.63, 3.8) is 0 Å². The predicted molar refractivity (Wildman–Crippen MR) is 81.1 cm³/mol. The molecule has 3 heteroatoms. The van der Waals surface area contributed by atoms with Gasteiger partial charge in [0.15, 0.2) is 0 Å². The third-order valence-electron chi connectivity index (χ3n) is 3.60. The zero-order valence-corrected chi connectivity index (χ0v) is 12.1. The van der Waals surface area contributed by atoms with Gasteiger partial charge in [-0.3, -0.25) is 0 Å². The maximum atomic E-state index is 6.29. The van der Waals surface area contributed by atoms with Crippen molar-refractivity contribution in [3.05, 3.63) is 30.1 Å². The number of unbranched alkanes of at least 4 members (excludes halogenated alkanes) is 2. The second-order valence-electron chi connectivity index (χ2n) is 5.21. The monoisotopic (exact) mass is 259 g/mol. The Labute approximate surface area is 115 Å². The lowest BCUT2D eigenvalue weighted by molar-refractivity contribution is 0.533. The van der Waals surface area contributed by atoms with Crippen LogP contribution in [0.5, 0.6) is 0 Å². The van der Waals surface area contributed by atoms with E-state index in [1.807, 2.05) is 6.07 Å². The summed E-state index contributed by atoms with van der Waals surface area (Å²) in [4.78, 5) is 4.75. The van der Waals surface area contributed by atoms with Gasteiger partial charge in [-0.15, -0.1) is 0 Å². The van der Waals surface area contributed by atoms with E-state index in [1.165, 1.54) is 24.8 Å². The van der Waals surface area contributed by atoms with Gasteiger partial charge >= 0.3 is 0 Å². The molecule has 1 unspecified atom stereocenters. The van der Waals surface area contributed by atoms with Gasteiger partial charge in [-0.1, -0.05) is 45.2 Å². The topological polar surface area (TPSA) is 43.8 Å². The molecule has 1 heterocycles. The Balaban J connectivity index is 2.34. The number of nitrogens with zero attached hydrogens (tertiary/aromatic N) is 2. The van der Waals surface area contributed by atoms with E-state index >= 15 is 0 Å². The average molecular weight is 259 g/mol. The standard InChI is InChI=1S/C16H25N3/c1-3-5-8-12-19-15-11-7-6-10-14(15)18-16(19)13(17)9-4-2/h6-7,10-11,13H,3-5,8-9,12,17H2,1-2H3. The first-order valence-electron chi connectivity index (χ1n) is 7.48. The molecule has 0 aliphatic heterocycles. The van der Waals surface area contributed by atoms with Crippen LogP contribution in [0.2, 0.25) is 0 Å². The first-order valence-corrected chi connectivity index (χ1v) is 7.48. The normalized spacial score (nSPS) is 13.0. The van der Waals surface area contributed by atoms with E-state index in [1.54, 1.807) is 0 Å². The molecule has 3 nitrogen and oxygen atoms in total. The van der Waals surface area contributed by atoms with Crippen LogP contribution in [0.1, 0.15) is 57.8 Å². The summed E-state index contributed by atoms with van der Waals surface area (Å²) in [6.45, 7) is 5.43. The van der Waals surface area contributed by atoms with E-state index < -0.39 is 0 Å². The summed E-state index contributed by atoms with van der Waals surface area (Å²) < 4.78 is 2.32. The number of para-hydroxylation sites is 2. The molecule has 0 aliphatic rings. The highest BCUT2D eigenvalue weighted by atomic mass is 15.1. The number of imidazole rings is 1. The van der Waals surface area contributed by atoms with Gasteiger partial charge in [0, 0.05) is 6.54 Å². The number of hydrogen-bond acceptors (Lipinski definition) is 2. The minimum atomic E-state index is 0.0547. The van der Waals surface area contributed by atoms with E-state index in [9.17, 15) is 0 Å². The third-order valence-corrected chi connectivity index (χ3v) is 3.60. The van der Waals surface area contributed by atoms with Crippen molar-refractivity contribution >= 4 is 11.0 Å². The van der Waals surface area contributed by atoms with Crippen LogP contribution < -0.4 is 5.73 Å². The summed E-state index contributed by atoms with van der Waals surface area (Å²) in [5.74, 6) is 1.05. The molecule has 0 saturated heterocycles. The summed E-state index contributed by atoms with van der Waals surface area (Å²) in [6, 6.07) is 8.40. The molecule has 0 amide bonds. The fraction of sp³-hybridized carbons (Fsp3) is 0.562. The molecule has 1 aromatic carbocycles. The van der Waals surface area contributed by atoms with Crippen LogP contribution in [0.25, 0.3) is 11.0 Å². The minimum Gasteiger partial charge on any atom is -0.327 e. The fourth-order valence-electron chi connectivity index (χ4n) is 2.57. The molecule has 2 N–H and O–H groups in total. The Kier molecular flexibility index (Phi) is 4.97. The first-order chi connectivity index (χ1) is 9.27. The van der Waals surface area contributed by atoms with Crippen LogP contribution in [-0.2, 0) is 6.54 Å². The molecule has 19 heavy (non-hydrogen) atoms. The summed E-state index contributed by atoms with van der Waals surface area (Å²) in [6.07, 6.45) is 5.79. The highest BCUT2D eigenvalue weighted by Gasteiger charge is 2.15. The molecule has 2 aromatic rings. The van der Waals surface area contributed by atoms with Crippen LogP contribution >= 0.6 is 0 Å². The zero-order valence-electron chi connectivity index (χ0n) is 12.1. The summed E-state index contributed by atoms with van der Waals surface area (Å²) in [5.41, 5.74) is 8.58. The van der Waals surface area contributed by atoms with E-state index in [2.05, 4.69) is 36.6 Å². The predicted octanol–water partition coefficient (Wildman–Crippen LogP) is 4.03. The number of hydrogen-bond donors (Lipinski definition) is 1. The van der Waals surface area contributed by atoms with Crippen molar-refractivity contribution in [2.45, 2.75) is 58.5 Å². The van der Waals surface area contributed by atoms with Gasteiger partial charge in [0.05, 0.1) is 17.1 Å². The molecular formula is C16H25N3. The maximum absolute atomic E-state index is 6.29. The molecule has 1 atom stereocenters. The molecule has 0 radical (unpaired) electrons. The van der Waals surface area contributed by atoms with Gasteiger partial charge < -0.3 is 10.3 Å². The lowest BCUT2D eigenvalue weighted by Crippen LogP contribution is -2.16. The number of nitrogens with two attached hydrogens (primary N) is 1. The van der Waals surface area contributed by atoms with Gasteiger partial charge in [-0.2, -0.15) is 0 Å². The molecule has 0 aliphatic carbocycles. The Bertz CT molecular complexity index is 516. The van der Waals surface area contributed by atoms with Crippen LogP contribution in [0, 0.1) is 0 Å². The Morgan fingerprint density at radius 2 is 1.95 bits per heavy atom. The SMILES string of the molecule is CCCCCn1c(C(N)CCC)nc2ccccc21. The molecule has 2 rings (SSSR count). The van der Waals surface area contributed by atoms with Crippen molar-refractivity contribution < 1.29 is 0 Å². The number of aryl methyl sites for hydroxylation is 1. The molecule has 104 valence electrons. The Hall–Kier alpha value is -1.35. The molecule has 0 spiro atoms. The lowest BCUT2D eigenvalue weighted by atomic mass is 10.1. The summed E-state index contributed by atoms with van der Waals surface area (Å²) in [5, 5.41) is 0. The molecule has 1 aromatic heterocycles. The van der Waals surface area contributed by atoms with Gasteiger partial charge in [-0.05, 0) is 25.0 Å². The van der Waals surface area contributed by atoms with E-state index in [-0.39, 0.29) is 6.04 Å². The quantitative estimate of drug-likeness (QED) is 0.763. The van der Waals surface area contributed by atoms with Gasteiger partial charge in [0.25, 0.3) is 0 Å². The van der Waals surface area contributed by atoms with Crippen molar-refractivity contribution in [3.8, 4) is 0 Å². The lowest BCUT2D eigenvalue weighted by Gasteiger charge is -2.14. The fourth-order valence-corrected chi connectivity index (χ4v) is 2.57. The summed E-state index contributed by atoms with van der Waals surface area (Å²) in [7, 11) is 0. The molecule has 0 bridgehead atoms. The van der Waals surface area contributed by atoms with Crippen molar-refractivity contribution in [2.24, 2.45) is 5.73 Å². The van der Waals surface area contributed by atoms with Crippen molar-refractivity contribution in [2.75, 3.05) is 0 Å². The van der Waals surface area contributed by atoms with E-state index in [0.717, 1.165) is 30.7 Å². The number of rotatable bonds is 7. The number of benzene rings is 1. The van der Waals surface area contributed by atoms with E-state index in [0.29, 0.717) is 0 Å². The second-order valence-corrected chi connectivity index (χ2v) is 5.21. The summed E-state index contributed by atoms with van der Waals surface area (Å²) >= 11 is 0. The van der Waals surface area contributed by atoms with Crippen LogP contribution in [0.3, 0.4) is 0 Å². The molecule has 0 fully saturated rings. The van der Waals surface area contributed by atoms with Gasteiger partial charge in [0.1, 0.15) is 5.82 Å². The van der Waals surface area contributed by atoms with Crippen molar-refractivity contribution in [1.82, 2.24) is 9.55 Å². The van der Waals surface area contributed by atoms with Crippen LogP contribution in [0.15, 0.2) is 24.3 Å². The second kappa shape index (κ2) is 6.71.